The van der Waals surface area contributed by atoms with Crippen LogP contribution in [0.15, 0.2) is 0 Å². The average Bonchev–Trinajstić information content (AvgIpc) is 2.87. The minimum absolute atomic E-state index is 0.0752. The van der Waals surface area contributed by atoms with Crippen molar-refractivity contribution < 1.29 is 27.9 Å². The van der Waals surface area contributed by atoms with Crippen LogP contribution in [0, 0.1) is 11.8 Å². The van der Waals surface area contributed by atoms with Gasteiger partial charge in [-0.3, -0.25) is 9.59 Å². The van der Waals surface area contributed by atoms with Gasteiger partial charge in [-0.05, 0) is 25.2 Å². The number of likely N-dealkylation sites (tertiary alicyclic amines) is 1. The summed E-state index contributed by atoms with van der Waals surface area (Å²) < 4.78 is 36.9. The molecule has 0 spiro atoms. The fourth-order valence-electron chi connectivity index (χ4n) is 2.58. The maximum atomic E-state index is 12.3. The predicted octanol–water partition coefficient (Wildman–Crippen LogP) is 1.26. The van der Waals surface area contributed by atoms with Crippen molar-refractivity contribution in [1.82, 2.24) is 4.90 Å². The third-order valence-electron chi connectivity index (χ3n) is 3.45. The Morgan fingerprint density at radius 1 is 1.29 bits per heavy atom. The second kappa shape index (κ2) is 3.89. The van der Waals surface area contributed by atoms with Crippen LogP contribution in [-0.4, -0.2) is 40.6 Å². The zero-order valence-electron chi connectivity index (χ0n) is 8.91. The van der Waals surface area contributed by atoms with Crippen LogP contribution in [0.3, 0.4) is 0 Å². The van der Waals surface area contributed by atoms with E-state index in [0.717, 1.165) is 4.90 Å². The van der Waals surface area contributed by atoms with Gasteiger partial charge in [0.25, 0.3) is 0 Å². The lowest BCUT2D eigenvalue weighted by molar-refractivity contribution is -0.186. The van der Waals surface area contributed by atoms with Gasteiger partial charge in [-0.2, -0.15) is 13.2 Å². The van der Waals surface area contributed by atoms with E-state index in [4.69, 9.17) is 5.11 Å². The van der Waals surface area contributed by atoms with Crippen LogP contribution in [0.5, 0.6) is 0 Å². The average molecular weight is 251 g/mol. The molecule has 0 bridgehead atoms. The van der Waals surface area contributed by atoms with E-state index in [1.807, 2.05) is 0 Å². The summed E-state index contributed by atoms with van der Waals surface area (Å²) in [5, 5.41) is 8.74. The molecular weight excluding hydrogens is 239 g/mol. The van der Waals surface area contributed by atoms with E-state index in [2.05, 4.69) is 0 Å². The van der Waals surface area contributed by atoms with Crippen molar-refractivity contribution in [3.63, 3.8) is 0 Å². The minimum atomic E-state index is -4.86. The van der Waals surface area contributed by atoms with Gasteiger partial charge in [0.2, 0.25) is 0 Å². The number of carboxylic acid groups (broad SMARTS) is 1. The van der Waals surface area contributed by atoms with Gasteiger partial charge in [0.1, 0.15) is 0 Å². The van der Waals surface area contributed by atoms with Gasteiger partial charge in [-0.25, -0.2) is 0 Å². The molecule has 3 atom stereocenters. The van der Waals surface area contributed by atoms with E-state index in [-0.39, 0.29) is 12.5 Å². The summed E-state index contributed by atoms with van der Waals surface area (Å²) >= 11 is 0. The van der Waals surface area contributed by atoms with Crippen LogP contribution >= 0.6 is 0 Å². The maximum absolute atomic E-state index is 12.3. The van der Waals surface area contributed by atoms with Crippen LogP contribution < -0.4 is 0 Å². The van der Waals surface area contributed by atoms with Crippen molar-refractivity contribution in [3.8, 4) is 0 Å². The number of carbonyl (C=O) groups is 2. The standard InChI is InChI=1S/C10H12F3NO3/c11-10(12,13)9(17)14-3-1-2-7(14)5-4-6(5)8(15)16/h5-7H,1-4H2,(H,15,16)/t5-,6-,7?/m1/s1. The number of alkyl halides is 3. The first kappa shape index (κ1) is 12.2. The molecule has 0 aromatic carbocycles. The number of nitrogens with zero attached hydrogens (tertiary/aromatic N) is 1. The van der Waals surface area contributed by atoms with Crippen LogP contribution in [0.4, 0.5) is 13.2 Å². The van der Waals surface area contributed by atoms with E-state index < -0.39 is 30.0 Å². The molecule has 7 heteroatoms. The van der Waals surface area contributed by atoms with Crippen molar-refractivity contribution in [2.24, 2.45) is 11.8 Å². The predicted molar refractivity (Wildman–Crippen MR) is 50.0 cm³/mol. The third kappa shape index (κ3) is 2.23. The molecule has 1 aliphatic carbocycles. The zero-order valence-corrected chi connectivity index (χ0v) is 8.91. The molecular formula is C10H12F3NO3. The van der Waals surface area contributed by atoms with E-state index in [9.17, 15) is 22.8 Å². The molecule has 96 valence electrons. The molecule has 0 aromatic heterocycles. The fraction of sp³-hybridized carbons (Fsp3) is 0.800. The lowest BCUT2D eigenvalue weighted by Crippen LogP contribution is -2.45. The van der Waals surface area contributed by atoms with E-state index in [1.54, 1.807) is 0 Å². The van der Waals surface area contributed by atoms with Gasteiger partial charge in [-0.1, -0.05) is 0 Å². The molecule has 17 heavy (non-hydrogen) atoms. The molecule has 1 amide bonds. The largest absolute Gasteiger partial charge is 0.481 e. The Kier molecular flexibility index (Phi) is 2.79. The molecule has 1 unspecified atom stereocenters. The van der Waals surface area contributed by atoms with Crippen molar-refractivity contribution in [3.05, 3.63) is 0 Å². The first-order chi connectivity index (χ1) is 7.82. The zero-order chi connectivity index (χ0) is 12.8. The van der Waals surface area contributed by atoms with E-state index >= 15 is 0 Å². The first-order valence-electron chi connectivity index (χ1n) is 5.43. The molecule has 1 heterocycles. The number of rotatable bonds is 2. The fourth-order valence-corrected chi connectivity index (χ4v) is 2.58. The Balaban J connectivity index is 2.04. The van der Waals surface area contributed by atoms with Gasteiger partial charge < -0.3 is 10.0 Å². The van der Waals surface area contributed by atoms with Crippen LogP contribution in [-0.2, 0) is 9.59 Å². The van der Waals surface area contributed by atoms with Crippen LogP contribution in [0.1, 0.15) is 19.3 Å². The molecule has 2 aliphatic rings. The topological polar surface area (TPSA) is 57.6 Å². The Morgan fingerprint density at radius 3 is 2.41 bits per heavy atom. The number of carboxylic acids is 1. The highest BCUT2D eigenvalue weighted by Gasteiger charge is 2.54. The van der Waals surface area contributed by atoms with E-state index in [0.29, 0.717) is 19.3 Å². The van der Waals surface area contributed by atoms with Crippen molar-refractivity contribution >= 4 is 11.9 Å². The van der Waals surface area contributed by atoms with Gasteiger partial charge in [-0.15, -0.1) is 0 Å². The van der Waals surface area contributed by atoms with Crippen molar-refractivity contribution in [2.75, 3.05) is 6.54 Å². The summed E-state index contributed by atoms with van der Waals surface area (Å²) in [6.07, 6.45) is -3.51. The summed E-state index contributed by atoms with van der Waals surface area (Å²) in [7, 11) is 0. The second-order valence-corrected chi connectivity index (χ2v) is 4.55. The summed E-state index contributed by atoms with van der Waals surface area (Å²) in [6, 6.07) is -0.551. The van der Waals surface area contributed by atoms with Crippen molar-refractivity contribution in [1.29, 1.82) is 0 Å². The lowest BCUT2D eigenvalue weighted by Gasteiger charge is -2.25. The smallest absolute Gasteiger partial charge is 0.471 e. The van der Waals surface area contributed by atoms with Gasteiger partial charge in [0, 0.05) is 12.6 Å². The summed E-state index contributed by atoms with van der Waals surface area (Å²) in [5.74, 6) is -3.71. The number of hydrogen-bond acceptors (Lipinski definition) is 2. The number of carbonyl (C=O) groups excluding carboxylic acids is 1. The normalized spacial score (nSPS) is 32.6. The Bertz CT molecular complexity index is 355. The summed E-state index contributed by atoms with van der Waals surface area (Å²) in [4.78, 5) is 22.6. The highest BCUT2D eigenvalue weighted by molar-refractivity contribution is 5.83. The van der Waals surface area contributed by atoms with Crippen molar-refractivity contribution in [2.45, 2.75) is 31.5 Å². The molecule has 2 fully saturated rings. The Morgan fingerprint density at radius 2 is 1.94 bits per heavy atom. The molecule has 0 aromatic rings. The summed E-state index contributed by atoms with van der Waals surface area (Å²) in [6.45, 7) is 0.0752. The molecule has 1 saturated heterocycles. The highest BCUT2D eigenvalue weighted by Crippen LogP contribution is 2.47. The van der Waals surface area contributed by atoms with Gasteiger partial charge in [0.05, 0.1) is 5.92 Å². The first-order valence-corrected chi connectivity index (χ1v) is 5.43. The SMILES string of the molecule is O=C(O)[C@@H]1C[C@H]1C1CCCN1C(=O)C(F)(F)F. The molecule has 4 nitrogen and oxygen atoms in total. The van der Waals surface area contributed by atoms with Gasteiger partial charge >= 0.3 is 18.1 Å². The quantitative estimate of drug-likeness (QED) is 0.803. The molecule has 2 rings (SSSR count). The van der Waals surface area contributed by atoms with Gasteiger partial charge in [0.15, 0.2) is 0 Å². The maximum Gasteiger partial charge on any atom is 0.471 e. The summed E-state index contributed by atoms with van der Waals surface area (Å²) in [5.41, 5.74) is 0. The minimum Gasteiger partial charge on any atom is -0.481 e. The molecule has 1 saturated carbocycles. The van der Waals surface area contributed by atoms with E-state index in [1.165, 1.54) is 0 Å². The van der Waals surface area contributed by atoms with Crippen LogP contribution in [0.2, 0.25) is 0 Å². The molecule has 1 aliphatic heterocycles. The third-order valence-corrected chi connectivity index (χ3v) is 3.45. The Hall–Kier alpha value is -1.27. The number of hydrogen-bond donors (Lipinski definition) is 1. The molecule has 1 N–H and O–H groups in total. The van der Waals surface area contributed by atoms with Crippen LogP contribution in [0.25, 0.3) is 0 Å². The second-order valence-electron chi connectivity index (χ2n) is 4.55. The Labute approximate surface area is 95.4 Å². The number of amides is 1. The molecule has 0 radical (unpaired) electrons. The number of halogens is 3. The highest BCUT2D eigenvalue weighted by atomic mass is 19.4. The lowest BCUT2D eigenvalue weighted by atomic mass is 10.1. The monoisotopic (exact) mass is 251 g/mol. The number of aliphatic carboxylic acids is 1.